The molecule has 0 aromatic carbocycles. The lowest BCUT2D eigenvalue weighted by Crippen LogP contribution is -2.12. The van der Waals surface area contributed by atoms with Crippen molar-refractivity contribution in [1.82, 2.24) is 14.5 Å². The van der Waals surface area contributed by atoms with Gasteiger partial charge in [0.05, 0.1) is 0 Å². The number of rotatable bonds is 4. The van der Waals surface area contributed by atoms with Crippen LogP contribution in [-0.2, 0) is 6.54 Å². The second kappa shape index (κ2) is 5.95. The monoisotopic (exact) mass is 336 g/mol. The normalized spacial score (nSPS) is 11.6. The van der Waals surface area contributed by atoms with Gasteiger partial charge < -0.3 is 10.3 Å². The molecule has 2 N–H and O–H groups in total. The number of imidazole rings is 1. The highest BCUT2D eigenvalue weighted by atomic mass is 79.9. The van der Waals surface area contributed by atoms with Gasteiger partial charge >= 0.3 is 0 Å². The SMILES string of the molecule is CC(C)Cn1c(C(C)C)nc(-c2cncc(Br)c2)c1N. The predicted octanol–water partition coefficient (Wildman–Crippen LogP) is 4.07. The van der Waals surface area contributed by atoms with Crippen molar-refractivity contribution in [2.24, 2.45) is 5.92 Å². The Morgan fingerprint density at radius 3 is 2.50 bits per heavy atom. The maximum atomic E-state index is 6.33. The lowest BCUT2D eigenvalue weighted by Gasteiger charge is -2.14. The maximum absolute atomic E-state index is 6.33. The summed E-state index contributed by atoms with van der Waals surface area (Å²) in [5.74, 6) is 2.62. The van der Waals surface area contributed by atoms with Crippen molar-refractivity contribution >= 4 is 21.7 Å². The van der Waals surface area contributed by atoms with Gasteiger partial charge in [-0.2, -0.15) is 0 Å². The number of halogens is 1. The van der Waals surface area contributed by atoms with Crippen molar-refractivity contribution in [3.8, 4) is 11.3 Å². The van der Waals surface area contributed by atoms with Crippen molar-refractivity contribution in [2.75, 3.05) is 5.73 Å². The molecule has 0 aliphatic rings. The van der Waals surface area contributed by atoms with Gasteiger partial charge in [-0.25, -0.2) is 4.98 Å². The van der Waals surface area contributed by atoms with Crippen molar-refractivity contribution in [3.05, 3.63) is 28.8 Å². The summed E-state index contributed by atoms with van der Waals surface area (Å²) in [6.07, 6.45) is 3.56. The lowest BCUT2D eigenvalue weighted by molar-refractivity contribution is 0.502. The van der Waals surface area contributed by atoms with Crippen molar-refractivity contribution in [2.45, 2.75) is 40.2 Å². The van der Waals surface area contributed by atoms with Crippen LogP contribution in [0.3, 0.4) is 0 Å². The Morgan fingerprint density at radius 2 is 1.95 bits per heavy atom. The summed E-state index contributed by atoms with van der Waals surface area (Å²) in [6, 6.07) is 2.00. The van der Waals surface area contributed by atoms with Crippen LogP contribution in [-0.4, -0.2) is 14.5 Å². The number of aromatic nitrogens is 3. The molecule has 2 aromatic rings. The van der Waals surface area contributed by atoms with Crippen LogP contribution in [0.4, 0.5) is 5.82 Å². The van der Waals surface area contributed by atoms with E-state index in [9.17, 15) is 0 Å². The highest BCUT2D eigenvalue weighted by Crippen LogP contribution is 2.30. The van der Waals surface area contributed by atoms with Crippen molar-refractivity contribution in [3.63, 3.8) is 0 Å². The van der Waals surface area contributed by atoms with E-state index >= 15 is 0 Å². The summed E-state index contributed by atoms with van der Waals surface area (Å²) in [6.45, 7) is 9.53. The van der Waals surface area contributed by atoms with Crippen LogP contribution < -0.4 is 5.73 Å². The molecule has 0 amide bonds. The molecule has 108 valence electrons. The fourth-order valence-corrected chi connectivity index (χ4v) is 2.60. The minimum Gasteiger partial charge on any atom is -0.383 e. The van der Waals surface area contributed by atoms with E-state index in [4.69, 9.17) is 10.7 Å². The van der Waals surface area contributed by atoms with E-state index in [2.05, 4.69) is 53.2 Å². The first-order valence-corrected chi connectivity index (χ1v) is 7.66. The van der Waals surface area contributed by atoms with Crippen LogP contribution in [0.5, 0.6) is 0 Å². The molecule has 0 aliphatic heterocycles. The first-order chi connectivity index (χ1) is 9.40. The number of nitrogens with zero attached hydrogens (tertiary/aromatic N) is 3. The molecule has 0 saturated carbocycles. The van der Waals surface area contributed by atoms with Crippen LogP contribution in [0.2, 0.25) is 0 Å². The molecule has 5 heteroatoms. The molecule has 0 spiro atoms. The quantitative estimate of drug-likeness (QED) is 0.915. The summed E-state index contributed by atoms with van der Waals surface area (Å²) in [5.41, 5.74) is 8.10. The second-order valence-electron chi connectivity index (χ2n) is 5.75. The fraction of sp³-hybridized carbons (Fsp3) is 0.467. The minimum absolute atomic E-state index is 0.338. The molecule has 2 aromatic heterocycles. The minimum atomic E-state index is 0.338. The third-order valence-electron chi connectivity index (χ3n) is 3.08. The Bertz CT molecular complexity index is 602. The van der Waals surface area contributed by atoms with E-state index in [-0.39, 0.29) is 0 Å². The van der Waals surface area contributed by atoms with Gasteiger partial charge in [0.1, 0.15) is 17.3 Å². The smallest absolute Gasteiger partial charge is 0.131 e. The van der Waals surface area contributed by atoms with Gasteiger partial charge in [0.15, 0.2) is 0 Å². The van der Waals surface area contributed by atoms with E-state index < -0.39 is 0 Å². The number of pyridine rings is 1. The van der Waals surface area contributed by atoms with E-state index in [0.717, 1.165) is 33.9 Å². The molecule has 4 nitrogen and oxygen atoms in total. The van der Waals surface area contributed by atoms with E-state index in [1.165, 1.54) is 0 Å². The number of anilines is 1. The molecule has 20 heavy (non-hydrogen) atoms. The summed E-state index contributed by atoms with van der Waals surface area (Å²) < 4.78 is 3.06. The summed E-state index contributed by atoms with van der Waals surface area (Å²) in [7, 11) is 0. The van der Waals surface area contributed by atoms with Crippen LogP contribution in [0.1, 0.15) is 39.4 Å². The number of nitrogen functional groups attached to an aromatic ring is 1. The maximum Gasteiger partial charge on any atom is 0.131 e. The van der Waals surface area contributed by atoms with Gasteiger partial charge in [-0.05, 0) is 27.9 Å². The second-order valence-corrected chi connectivity index (χ2v) is 6.67. The third kappa shape index (κ3) is 3.03. The number of nitrogens with two attached hydrogens (primary N) is 1. The van der Waals surface area contributed by atoms with Gasteiger partial charge in [-0.15, -0.1) is 0 Å². The molecular weight excluding hydrogens is 316 g/mol. The fourth-order valence-electron chi connectivity index (χ4n) is 2.24. The van der Waals surface area contributed by atoms with Gasteiger partial charge in [-0.3, -0.25) is 4.98 Å². The zero-order valence-corrected chi connectivity index (χ0v) is 14.0. The highest BCUT2D eigenvalue weighted by Gasteiger charge is 2.19. The summed E-state index contributed by atoms with van der Waals surface area (Å²) in [4.78, 5) is 8.95. The van der Waals surface area contributed by atoms with Crippen LogP contribution in [0.15, 0.2) is 22.9 Å². The first kappa shape index (κ1) is 15.0. The Morgan fingerprint density at radius 1 is 1.25 bits per heavy atom. The van der Waals surface area contributed by atoms with E-state index in [1.54, 1.807) is 12.4 Å². The molecular formula is C15H21BrN4. The van der Waals surface area contributed by atoms with Crippen LogP contribution in [0.25, 0.3) is 11.3 Å². The van der Waals surface area contributed by atoms with Crippen LogP contribution in [0, 0.1) is 5.92 Å². The summed E-state index contributed by atoms with van der Waals surface area (Å²) >= 11 is 3.44. The molecule has 0 bridgehead atoms. The largest absolute Gasteiger partial charge is 0.383 e. The molecule has 0 fully saturated rings. The molecule has 2 heterocycles. The van der Waals surface area contributed by atoms with Gasteiger partial charge in [0.25, 0.3) is 0 Å². The lowest BCUT2D eigenvalue weighted by atomic mass is 10.2. The number of hydrogen-bond donors (Lipinski definition) is 1. The first-order valence-electron chi connectivity index (χ1n) is 6.87. The Labute approximate surface area is 128 Å². The zero-order valence-electron chi connectivity index (χ0n) is 12.4. The van der Waals surface area contributed by atoms with E-state index in [0.29, 0.717) is 11.8 Å². The van der Waals surface area contributed by atoms with Crippen molar-refractivity contribution < 1.29 is 0 Å². The zero-order chi connectivity index (χ0) is 14.9. The molecule has 0 atom stereocenters. The molecule has 0 saturated heterocycles. The molecule has 0 radical (unpaired) electrons. The predicted molar refractivity (Wildman–Crippen MR) is 86.5 cm³/mol. The average molecular weight is 337 g/mol. The Balaban J connectivity index is 2.55. The average Bonchev–Trinajstić information content (AvgIpc) is 2.67. The molecule has 0 unspecified atom stereocenters. The van der Waals surface area contributed by atoms with Crippen molar-refractivity contribution in [1.29, 1.82) is 0 Å². The van der Waals surface area contributed by atoms with Gasteiger partial charge in [-0.1, -0.05) is 27.7 Å². The third-order valence-corrected chi connectivity index (χ3v) is 3.51. The summed E-state index contributed by atoms with van der Waals surface area (Å²) in [5, 5.41) is 0. The Hall–Kier alpha value is -1.36. The van der Waals surface area contributed by atoms with Gasteiger partial charge in [0, 0.05) is 34.9 Å². The molecule has 2 rings (SSSR count). The highest BCUT2D eigenvalue weighted by molar-refractivity contribution is 9.10. The topological polar surface area (TPSA) is 56.7 Å². The standard InChI is InChI=1S/C15H21BrN4/c1-9(2)8-20-14(17)13(19-15(20)10(3)4)11-5-12(16)7-18-6-11/h5-7,9-10H,8,17H2,1-4H3. The molecule has 0 aliphatic carbocycles. The van der Waals surface area contributed by atoms with E-state index in [1.807, 2.05) is 6.07 Å². The Kier molecular flexibility index (Phi) is 4.48. The van der Waals surface area contributed by atoms with Gasteiger partial charge in [0.2, 0.25) is 0 Å². The number of hydrogen-bond acceptors (Lipinski definition) is 3. The van der Waals surface area contributed by atoms with Crippen LogP contribution >= 0.6 is 15.9 Å².